The number of methoxy groups -OCH3 is 1. The normalized spacial score (nSPS) is 12.6. The van der Waals surface area contributed by atoms with E-state index in [9.17, 15) is 0 Å². The number of ether oxygens (including phenoxy) is 1. The summed E-state index contributed by atoms with van der Waals surface area (Å²) < 4.78 is 5.48. The fraction of sp³-hybridized carbons (Fsp3) is 0.571. The van der Waals surface area contributed by atoms with E-state index in [-0.39, 0.29) is 6.04 Å². The molecule has 0 aliphatic heterocycles. The predicted molar refractivity (Wildman–Crippen MR) is 68.9 cm³/mol. The van der Waals surface area contributed by atoms with Crippen molar-refractivity contribution in [1.82, 2.24) is 0 Å². The summed E-state index contributed by atoms with van der Waals surface area (Å²) in [4.78, 5) is 0. The first-order chi connectivity index (χ1) is 7.61. The van der Waals surface area contributed by atoms with Crippen molar-refractivity contribution in [3.63, 3.8) is 0 Å². The molecule has 2 N–H and O–H groups in total. The summed E-state index contributed by atoms with van der Waals surface area (Å²) in [5, 5.41) is 0. The minimum Gasteiger partial charge on any atom is -0.496 e. The average Bonchev–Trinajstić information content (AvgIpc) is 2.29. The Balaban J connectivity index is 2.99. The van der Waals surface area contributed by atoms with Gasteiger partial charge in [-0.1, -0.05) is 31.9 Å². The molecule has 0 amide bonds. The van der Waals surface area contributed by atoms with Gasteiger partial charge < -0.3 is 10.5 Å². The van der Waals surface area contributed by atoms with E-state index in [0.717, 1.165) is 24.2 Å². The molecule has 1 atom stereocenters. The molecular formula is C14H23NO. The number of hydrogen-bond donors (Lipinski definition) is 1. The number of aryl methyl sites for hydroxylation is 1. The van der Waals surface area contributed by atoms with Gasteiger partial charge in [0, 0.05) is 11.6 Å². The highest BCUT2D eigenvalue weighted by Gasteiger charge is 2.14. The predicted octanol–water partition coefficient (Wildman–Crippen LogP) is 3.50. The number of hydrogen-bond acceptors (Lipinski definition) is 2. The zero-order valence-corrected chi connectivity index (χ0v) is 10.8. The lowest BCUT2D eigenvalue weighted by atomic mass is 9.96. The highest BCUT2D eigenvalue weighted by Crippen LogP contribution is 2.31. The van der Waals surface area contributed by atoms with Crippen LogP contribution in [0.15, 0.2) is 12.1 Å². The minimum atomic E-state index is 0.0919. The third-order valence-corrected chi connectivity index (χ3v) is 3.18. The van der Waals surface area contributed by atoms with Gasteiger partial charge in [0.2, 0.25) is 0 Å². The molecule has 0 fully saturated rings. The average molecular weight is 221 g/mol. The molecule has 0 aliphatic rings. The van der Waals surface area contributed by atoms with Gasteiger partial charge in [0.15, 0.2) is 0 Å². The van der Waals surface area contributed by atoms with E-state index >= 15 is 0 Å². The van der Waals surface area contributed by atoms with Crippen LogP contribution in [0.25, 0.3) is 0 Å². The van der Waals surface area contributed by atoms with Crippen molar-refractivity contribution < 1.29 is 4.74 Å². The first-order valence-corrected chi connectivity index (χ1v) is 6.01. The van der Waals surface area contributed by atoms with Gasteiger partial charge in [-0.05, 0) is 31.4 Å². The van der Waals surface area contributed by atoms with Crippen LogP contribution in [0, 0.1) is 13.8 Å². The molecular weight excluding hydrogens is 198 g/mol. The Morgan fingerprint density at radius 1 is 1.31 bits per heavy atom. The van der Waals surface area contributed by atoms with Crippen LogP contribution in [0.5, 0.6) is 5.75 Å². The van der Waals surface area contributed by atoms with Crippen molar-refractivity contribution in [3.05, 3.63) is 28.8 Å². The summed E-state index contributed by atoms with van der Waals surface area (Å²) in [5.74, 6) is 0.962. The van der Waals surface area contributed by atoms with Gasteiger partial charge in [-0.15, -0.1) is 0 Å². The molecule has 2 heteroatoms. The molecule has 0 spiro atoms. The van der Waals surface area contributed by atoms with Crippen LogP contribution >= 0.6 is 0 Å². The summed E-state index contributed by atoms with van der Waals surface area (Å²) in [6.07, 6.45) is 3.37. The third kappa shape index (κ3) is 2.76. The second kappa shape index (κ2) is 5.90. The fourth-order valence-corrected chi connectivity index (χ4v) is 1.95. The van der Waals surface area contributed by atoms with Crippen LogP contribution in [-0.2, 0) is 0 Å². The maximum absolute atomic E-state index is 6.20. The maximum atomic E-state index is 6.20. The lowest BCUT2D eigenvalue weighted by Crippen LogP contribution is -2.12. The number of unbranched alkanes of at least 4 members (excludes halogenated alkanes) is 1. The van der Waals surface area contributed by atoms with Crippen LogP contribution < -0.4 is 10.5 Å². The summed E-state index contributed by atoms with van der Waals surface area (Å²) in [6, 6.07) is 4.31. The van der Waals surface area contributed by atoms with Crippen molar-refractivity contribution in [3.8, 4) is 5.75 Å². The Morgan fingerprint density at radius 2 is 2.00 bits per heavy atom. The van der Waals surface area contributed by atoms with Crippen molar-refractivity contribution in [2.75, 3.05) is 7.11 Å². The van der Waals surface area contributed by atoms with Crippen LogP contribution in [-0.4, -0.2) is 7.11 Å². The van der Waals surface area contributed by atoms with Crippen LogP contribution in [0.2, 0.25) is 0 Å². The summed E-state index contributed by atoms with van der Waals surface area (Å²) in [5.41, 5.74) is 9.79. The van der Waals surface area contributed by atoms with Gasteiger partial charge in [-0.2, -0.15) is 0 Å². The second-order valence-electron chi connectivity index (χ2n) is 4.38. The summed E-state index contributed by atoms with van der Waals surface area (Å²) in [7, 11) is 1.72. The van der Waals surface area contributed by atoms with Crippen LogP contribution in [0.1, 0.15) is 48.9 Å². The molecule has 0 saturated carbocycles. The Morgan fingerprint density at radius 3 is 2.56 bits per heavy atom. The second-order valence-corrected chi connectivity index (χ2v) is 4.38. The lowest BCUT2D eigenvalue weighted by Gasteiger charge is -2.18. The first-order valence-electron chi connectivity index (χ1n) is 6.01. The third-order valence-electron chi connectivity index (χ3n) is 3.18. The first kappa shape index (κ1) is 13.0. The van der Waals surface area contributed by atoms with Gasteiger partial charge in [0.05, 0.1) is 7.11 Å². The van der Waals surface area contributed by atoms with E-state index < -0.39 is 0 Å². The Hall–Kier alpha value is -1.02. The topological polar surface area (TPSA) is 35.2 Å². The van der Waals surface area contributed by atoms with Crippen molar-refractivity contribution in [1.29, 1.82) is 0 Å². The van der Waals surface area contributed by atoms with Gasteiger partial charge in [0.25, 0.3) is 0 Å². The van der Waals surface area contributed by atoms with Crippen molar-refractivity contribution in [2.24, 2.45) is 5.73 Å². The molecule has 0 radical (unpaired) electrons. The molecule has 90 valence electrons. The highest BCUT2D eigenvalue weighted by atomic mass is 16.5. The van der Waals surface area contributed by atoms with E-state index in [1.165, 1.54) is 17.5 Å². The molecule has 0 saturated heterocycles. The van der Waals surface area contributed by atoms with Gasteiger partial charge >= 0.3 is 0 Å². The lowest BCUT2D eigenvalue weighted by molar-refractivity contribution is 0.400. The zero-order chi connectivity index (χ0) is 12.1. The van der Waals surface area contributed by atoms with Crippen LogP contribution in [0.3, 0.4) is 0 Å². The smallest absolute Gasteiger partial charge is 0.126 e. The van der Waals surface area contributed by atoms with E-state index in [0.29, 0.717) is 0 Å². The minimum absolute atomic E-state index is 0.0919. The summed E-state index contributed by atoms with van der Waals surface area (Å²) >= 11 is 0. The van der Waals surface area contributed by atoms with E-state index in [1.54, 1.807) is 7.11 Å². The molecule has 0 aliphatic carbocycles. The molecule has 1 unspecified atom stereocenters. The molecule has 1 rings (SSSR count). The molecule has 2 nitrogen and oxygen atoms in total. The van der Waals surface area contributed by atoms with Gasteiger partial charge in [-0.25, -0.2) is 0 Å². The van der Waals surface area contributed by atoms with E-state index in [2.05, 4.69) is 32.9 Å². The Labute approximate surface area is 98.8 Å². The molecule has 0 aromatic heterocycles. The van der Waals surface area contributed by atoms with Crippen molar-refractivity contribution >= 4 is 0 Å². The summed E-state index contributed by atoms with van der Waals surface area (Å²) in [6.45, 7) is 6.37. The van der Waals surface area contributed by atoms with E-state index in [1.807, 2.05) is 0 Å². The van der Waals surface area contributed by atoms with Gasteiger partial charge in [-0.3, -0.25) is 0 Å². The highest BCUT2D eigenvalue weighted by molar-refractivity contribution is 5.46. The fourth-order valence-electron chi connectivity index (χ4n) is 1.95. The Kier molecular flexibility index (Phi) is 4.81. The monoisotopic (exact) mass is 221 g/mol. The molecule has 0 heterocycles. The molecule has 16 heavy (non-hydrogen) atoms. The number of benzene rings is 1. The number of nitrogens with two attached hydrogens (primary N) is 1. The van der Waals surface area contributed by atoms with Crippen LogP contribution in [0.4, 0.5) is 0 Å². The maximum Gasteiger partial charge on any atom is 0.126 e. The SMILES string of the molecule is CCCCC(N)c1ccc(C)c(C)c1OC. The molecule has 1 aromatic carbocycles. The number of rotatable bonds is 5. The zero-order valence-electron chi connectivity index (χ0n) is 10.8. The Bertz CT molecular complexity index is 347. The largest absolute Gasteiger partial charge is 0.496 e. The molecule has 0 bridgehead atoms. The van der Waals surface area contributed by atoms with Crippen molar-refractivity contribution in [2.45, 2.75) is 46.1 Å². The standard InChI is InChI=1S/C14H23NO/c1-5-6-7-13(15)12-9-8-10(2)11(3)14(12)16-4/h8-9,13H,5-7,15H2,1-4H3. The molecule has 1 aromatic rings. The van der Waals surface area contributed by atoms with E-state index in [4.69, 9.17) is 10.5 Å². The van der Waals surface area contributed by atoms with Gasteiger partial charge in [0.1, 0.15) is 5.75 Å². The quantitative estimate of drug-likeness (QED) is 0.826.